The molecule has 2 aromatic heterocycles. The molecule has 0 aliphatic rings. The van der Waals surface area contributed by atoms with Gasteiger partial charge >= 0.3 is 5.97 Å². The quantitative estimate of drug-likeness (QED) is 0.613. The van der Waals surface area contributed by atoms with Gasteiger partial charge in [0.2, 0.25) is 6.54 Å². The second kappa shape index (κ2) is 5.59. The molecule has 0 saturated heterocycles. The van der Waals surface area contributed by atoms with E-state index >= 15 is 0 Å². The molecule has 17 heavy (non-hydrogen) atoms. The van der Waals surface area contributed by atoms with E-state index in [1.807, 2.05) is 42.1 Å². The van der Waals surface area contributed by atoms with Crippen LogP contribution in [0.15, 0.2) is 42.0 Å². The summed E-state index contributed by atoms with van der Waals surface area (Å²) in [5.74, 6) is -0.207. The van der Waals surface area contributed by atoms with Crippen molar-refractivity contribution in [2.24, 2.45) is 0 Å². The number of thiophene rings is 1. The summed E-state index contributed by atoms with van der Waals surface area (Å²) in [6.07, 6.45) is 3.79. The maximum atomic E-state index is 11.3. The molecule has 0 aliphatic heterocycles. The highest BCUT2D eigenvalue weighted by Gasteiger charge is 2.10. The van der Waals surface area contributed by atoms with E-state index < -0.39 is 0 Å². The van der Waals surface area contributed by atoms with Crippen LogP contribution in [0.1, 0.15) is 6.92 Å². The van der Waals surface area contributed by atoms with Crippen molar-refractivity contribution in [3.8, 4) is 10.4 Å². The monoisotopic (exact) mass is 248 g/mol. The minimum absolute atomic E-state index is 0.207. The molecular weight excluding hydrogens is 234 g/mol. The summed E-state index contributed by atoms with van der Waals surface area (Å²) in [5.41, 5.74) is 1.17. The lowest BCUT2D eigenvalue weighted by Gasteiger charge is -1.99. The molecule has 0 saturated carbocycles. The Morgan fingerprint density at radius 1 is 1.35 bits per heavy atom. The highest BCUT2D eigenvalue weighted by atomic mass is 32.1. The smallest absolute Gasteiger partial charge is 0.372 e. The van der Waals surface area contributed by atoms with Gasteiger partial charge in [-0.25, -0.2) is 4.79 Å². The molecule has 2 rings (SSSR count). The van der Waals surface area contributed by atoms with Gasteiger partial charge in [-0.3, -0.25) is 0 Å². The standard InChI is InChI=1S/C13H14NO2S/c1-2-16-13(15)10-14-7-5-11(6-8-14)12-4-3-9-17-12/h3-9H,2,10H2,1H3/q+1. The average Bonchev–Trinajstić information content (AvgIpc) is 2.84. The second-order valence-corrected chi connectivity index (χ2v) is 4.49. The van der Waals surface area contributed by atoms with Gasteiger partial charge in [-0.15, -0.1) is 11.3 Å². The Morgan fingerprint density at radius 3 is 2.71 bits per heavy atom. The van der Waals surface area contributed by atoms with E-state index in [-0.39, 0.29) is 12.5 Å². The van der Waals surface area contributed by atoms with E-state index in [2.05, 4.69) is 11.4 Å². The van der Waals surface area contributed by atoms with E-state index in [0.717, 1.165) is 0 Å². The Hall–Kier alpha value is -1.68. The third-order valence-electron chi connectivity index (χ3n) is 2.31. The first-order chi connectivity index (χ1) is 8.29. The fraction of sp³-hybridized carbons (Fsp3) is 0.231. The SMILES string of the molecule is CCOC(=O)C[n+]1ccc(-c2cccs2)cc1. The lowest BCUT2D eigenvalue weighted by molar-refractivity contribution is -0.685. The number of rotatable bonds is 4. The molecular formula is C13H14NO2S+. The highest BCUT2D eigenvalue weighted by Crippen LogP contribution is 2.22. The predicted molar refractivity (Wildman–Crippen MR) is 66.6 cm³/mol. The van der Waals surface area contributed by atoms with Crippen LogP contribution in [-0.2, 0) is 16.1 Å². The average molecular weight is 248 g/mol. The van der Waals surface area contributed by atoms with Gasteiger partial charge < -0.3 is 4.74 Å². The normalized spacial score (nSPS) is 10.2. The van der Waals surface area contributed by atoms with Gasteiger partial charge in [-0.05, 0) is 18.4 Å². The van der Waals surface area contributed by atoms with Gasteiger partial charge in [-0.1, -0.05) is 6.07 Å². The highest BCUT2D eigenvalue weighted by molar-refractivity contribution is 7.13. The fourth-order valence-corrected chi connectivity index (χ4v) is 2.26. The molecule has 0 bridgehead atoms. The van der Waals surface area contributed by atoms with Crippen molar-refractivity contribution in [3.05, 3.63) is 42.0 Å². The summed E-state index contributed by atoms with van der Waals surface area (Å²) >= 11 is 1.70. The maximum Gasteiger partial charge on any atom is 0.372 e. The summed E-state index contributed by atoms with van der Waals surface area (Å²) in [5, 5.41) is 2.05. The van der Waals surface area contributed by atoms with Crippen molar-refractivity contribution >= 4 is 17.3 Å². The van der Waals surface area contributed by atoms with E-state index in [1.165, 1.54) is 10.4 Å². The number of carbonyl (C=O) groups excluding carboxylic acids is 1. The zero-order valence-corrected chi connectivity index (χ0v) is 10.4. The van der Waals surface area contributed by atoms with Gasteiger partial charge in [-0.2, -0.15) is 4.57 Å². The first-order valence-electron chi connectivity index (χ1n) is 5.48. The molecule has 2 aromatic rings. The Labute approximate surface area is 104 Å². The number of aromatic nitrogens is 1. The van der Waals surface area contributed by atoms with Crippen molar-refractivity contribution in [3.63, 3.8) is 0 Å². The van der Waals surface area contributed by atoms with Crippen molar-refractivity contribution < 1.29 is 14.1 Å². The van der Waals surface area contributed by atoms with Gasteiger partial charge in [0, 0.05) is 22.6 Å². The summed E-state index contributed by atoms with van der Waals surface area (Å²) < 4.78 is 6.71. The number of ether oxygens (including phenoxy) is 1. The molecule has 4 heteroatoms. The minimum atomic E-state index is -0.207. The van der Waals surface area contributed by atoms with Crippen molar-refractivity contribution in [2.45, 2.75) is 13.5 Å². The zero-order valence-electron chi connectivity index (χ0n) is 9.63. The third kappa shape index (κ3) is 3.14. The van der Waals surface area contributed by atoms with Crippen LogP contribution < -0.4 is 4.57 Å². The molecule has 0 spiro atoms. The molecule has 3 nitrogen and oxygen atoms in total. The van der Waals surface area contributed by atoms with Crippen LogP contribution in [0.4, 0.5) is 0 Å². The molecule has 0 N–H and O–H groups in total. The molecule has 88 valence electrons. The molecule has 0 fully saturated rings. The summed E-state index contributed by atoms with van der Waals surface area (Å²) in [7, 11) is 0. The third-order valence-corrected chi connectivity index (χ3v) is 3.23. The molecule has 0 aromatic carbocycles. The first-order valence-corrected chi connectivity index (χ1v) is 6.36. The van der Waals surface area contributed by atoms with Crippen LogP contribution in [0.5, 0.6) is 0 Å². The van der Waals surface area contributed by atoms with Crippen molar-refractivity contribution in [1.82, 2.24) is 0 Å². The molecule has 0 unspecified atom stereocenters. The van der Waals surface area contributed by atoms with Crippen LogP contribution in [-0.4, -0.2) is 12.6 Å². The Balaban J connectivity index is 2.06. The Bertz CT molecular complexity index is 477. The largest absolute Gasteiger partial charge is 0.461 e. The number of hydrogen-bond acceptors (Lipinski definition) is 3. The molecule has 0 aliphatic carbocycles. The Kier molecular flexibility index (Phi) is 3.88. The predicted octanol–water partition coefficient (Wildman–Crippen LogP) is 2.27. The lowest BCUT2D eigenvalue weighted by Crippen LogP contribution is -2.37. The van der Waals surface area contributed by atoms with E-state index in [4.69, 9.17) is 4.74 Å². The second-order valence-electron chi connectivity index (χ2n) is 3.54. The van der Waals surface area contributed by atoms with Gasteiger partial charge in [0.1, 0.15) is 0 Å². The van der Waals surface area contributed by atoms with Crippen LogP contribution >= 0.6 is 11.3 Å². The maximum absolute atomic E-state index is 11.3. The minimum Gasteiger partial charge on any atom is -0.461 e. The first kappa shape index (κ1) is 11.8. The topological polar surface area (TPSA) is 30.2 Å². The number of hydrogen-bond donors (Lipinski definition) is 0. The van der Waals surface area contributed by atoms with Gasteiger partial charge in [0.05, 0.1) is 6.61 Å². The fourth-order valence-electron chi connectivity index (χ4n) is 1.53. The summed E-state index contributed by atoms with van der Waals surface area (Å²) in [6.45, 7) is 2.49. The van der Waals surface area contributed by atoms with E-state index in [0.29, 0.717) is 6.61 Å². The van der Waals surface area contributed by atoms with Gasteiger partial charge in [0.15, 0.2) is 12.4 Å². The van der Waals surface area contributed by atoms with E-state index in [1.54, 1.807) is 11.3 Å². The number of nitrogens with zero attached hydrogens (tertiary/aromatic N) is 1. The number of pyridine rings is 1. The van der Waals surface area contributed by atoms with Crippen LogP contribution in [0, 0.1) is 0 Å². The molecule has 0 radical (unpaired) electrons. The van der Waals surface area contributed by atoms with Crippen molar-refractivity contribution in [2.75, 3.05) is 6.61 Å². The van der Waals surface area contributed by atoms with Gasteiger partial charge in [0.25, 0.3) is 0 Å². The molecule has 0 atom stereocenters. The summed E-state index contributed by atoms with van der Waals surface area (Å²) in [6, 6.07) is 8.12. The molecule has 0 amide bonds. The summed E-state index contributed by atoms with van der Waals surface area (Å²) in [4.78, 5) is 12.5. The number of carbonyl (C=O) groups is 1. The van der Waals surface area contributed by atoms with E-state index in [9.17, 15) is 4.79 Å². The van der Waals surface area contributed by atoms with Crippen LogP contribution in [0.25, 0.3) is 10.4 Å². The van der Waals surface area contributed by atoms with Crippen LogP contribution in [0.3, 0.4) is 0 Å². The zero-order chi connectivity index (χ0) is 12.1. The van der Waals surface area contributed by atoms with Crippen LogP contribution in [0.2, 0.25) is 0 Å². The Morgan fingerprint density at radius 2 is 2.12 bits per heavy atom. The lowest BCUT2D eigenvalue weighted by atomic mass is 10.2. The van der Waals surface area contributed by atoms with Crippen molar-refractivity contribution in [1.29, 1.82) is 0 Å². The molecule has 2 heterocycles. The number of esters is 1.